The Balaban J connectivity index is 1.65. The van der Waals surface area contributed by atoms with Gasteiger partial charge in [0.15, 0.2) is 0 Å². The molecule has 1 aliphatic rings. The molecule has 1 amide bonds. The van der Waals surface area contributed by atoms with Crippen molar-refractivity contribution in [3.8, 4) is 0 Å². The topological polar surface area (TPSA) is 89.7 Å². The number of hydrogen-bond acceptors (Lipinski definition) is 5. The van der Waals surface area contributed by atoms with E-state index in [2.05, 4.69) is 6.92 Å². The van der Waals surface area contributed by atoms with Crippen molar-refractivity contribution in [1.29, 1.82) is 0 Å². The highest BCUT2D eigenvalue weighted by molar-refractivity contribution is 5.86. The summed E-state index contributed by atoms with van der Waals surface area (Å²) in [5.41, 5.74) is 7.42. The molecule has 1 heterocycles. The lowest BCUT2D eigenvalue weighted by Crippen LogP contribution is -2.50. The molecule has 0 bridgehead atoms. The summed E-state index contributed by atoms with van der Waals surface area (Å²) >= 11 is 0. The van der Waals surface area contributed by atoms with E-state index in [9.17, 15) is 18.8 Å². The first-order chi connectivity index (χ1) is 16.3. The average molecular weight is 469 g/mol. The zero-order chi connectivity index (χ0) is 24.6. The molecule has 7 heteroatoms. The van der Waals surface area contributed by atoms with Gasteiger partial charge in [0.25, 0.3) is 0 Å². The highest BCUT2D eigenvalue weighted by Crippen LogP contribution is 2.35. The number of nitrogens with zero attached hydrogens (tertiary/aromatic N) is 1. The number of hydrogen-bond donors (Lipinski definition) is 1. The zero-order valence-electron chi connectivity index (χ0n) is 19.7. The third-order valence-corrected chi connectivity index (χ3v) is 6.66. The maximum absolute atomic E-state index is 13.5. The third-order valence-electron chi connectivity index (χ3n) is 6.66. The van der Waals surface area contributed by atoms with Gasteiger partial charge < -0.3 is 15.4 Å². The number of carbonyl (C=O) groups excluding carboxylic acids is 3. The summed E-state index contributed by atoms with van der Waals surface area (Å²) in [7, 11) is 0. The van der Waals surface area contributed by atoms with E-state index in [4.69, 9.17) is 10.5 Å². The van der Waals surface area contributed by atoms with Gasteiger partial charge in [-0.05, 0) is 54.5 Å². The van der Waals surface area contributed by atoms with Gasteiger partial charge in [0.1, 0.15) is 18.2 Å². The molecule has 0 aromatic heterocycles. The van der Waals surface area contributed by atoms with E-state index in [0.717, 1.165) is 17.5 Å². The molecule has 1 aliphatic heterocycles. The van der Waals surface area contributed by atoms with Crippen molar-refractivity contribution in [2.75, 3.05) is 26.2 Å². The lowest BCUT2D eigenvalue weighted by atomic mass is 9.73. The number of likely N-dealkylation sites (tertiary alicyclic amines) is 1. The summed E-state index contributed by atoms with van der Waals surface area (Å²) in [5.74, 6) is -0.916. The highest BCUT2D eigenvalue weighted by atomic mass is 19.1. The number of aryl methyl sites for hydroxylation is 2. The minimum Gasteiger partial charge on any atom is -0.464 e. The van der Waals surface area contributed by atoms with Gasteiger partial charge in [0, 0.05) is 19.5 Å². The fraction of sp³-hybridized carbons (Fsp3) is 0.444. The molecule has 1 fully saturated rings. The van der Waals surface area contributed by atoms with Gasteiger partial charge in [-0.15, -0.1) is 0 Å². The number of halogens is 1. The molecule has 6 nitrogen and oxygen atoms in total. The Kier molecular flexibility index (Phi) is 8.93. The normalized spacial score (nSPS) is 15.1. The van der Waals surface area contributed by atoms with Crippen molar-refractivity contribution in [3.63, 3.8) is 0 Å². The number of nitrogens with two attached hydrogens (primary N) is 1. The van der Waals surface area contributed by atoms with Crippen molar-refractivity contribution in [2.45, 2.75) is 45.4 Å². The fourth-order valence-corrected chi connectivity index (χ4v) is 4.36. The second-order valence-corrected chi connectivity index (χ2v) is 8.93. The van der Waals surface area contributed by atoms with Crippen LogP contribution in [0.1, 0.15) is 42.9 Å². The molecule has 0 saturated carbocycles. The first kappa shape index (κ1) is 25.6. The van der Waals surface area contributed by atoms with E-state index in [1.54, 1.807) is 17.0 Å². The summed E-state index contributed by atoms with van der Waals surface area (Å²) < 4.78 is 19.1. The molecule has 0 unspecified atom stereocenters. The van der Waals surface area contributed by atoms with Crippen LogP contribution in [-0.4, -0.2) is 48.8 Å². The van der Waals surface area contributed by atoms with Crippen LogP contribution < -0.4 is 5.73 Å². The second kappa shape index (κ2) is 11.9. The molecule has 0 radical (unpaired) electrons. The van der Waals surface area contributed by atoms with E-state index >= 15 is 0 Å². The van der Waals surface area contributed by atoms with Crippen LogP contribution in [0.5, 0.6) is 0 Å². The standard InChI is InChI=1S/C27H33FN2O4/c1-2-20-6-8-22(9-7-20)17-26(33)34-19-27(12-14-30(15-13-27)25(32)18-29)24(31)11-10-21-4-3-5-23(28)16-21/h3-9,16H,2,10-15,17-19,29H2,1H3. The number of esters is 1. The number of rotatable bonds is 10. The number of Topliss-reactive ketones (excluding diaryl/α,β-unsaturated/α-hetero) is 1. The van der Waals surface area contributed by atoms with Crippen molar-refractivity contribution in [3.05, 3.63) is 71.0 Å². The minimum atomic E-state index is -0.861. The SMILES string of the molecule is CCc1ccc(CC(=O)OCC2(C(=O)CCc3cccc(F)c3)CCN(C(=O)CN)CC2)cc1. The number of carbonyl (C=O) groups is 3. The molecular formula is C27H33FN2O4. The second-order valence-electron chi connectivity index (χ2n) is 8.93. The molecular weight excluding hydrogens is 435 g/mol. The fourth-order valence-electron chi connectivity index (χ4n) is 4.36. The molecule has 34 heavy (non-hydrogen) atoms. The quantitative estimate of drug-likeness (QED) is 0.541. The molecule has 2 aromatic carbocycles. The van der Waals surface area contributed by atoms with Crippen LogP contribution in [0.4, 0.5) is 4.39 Å². The van der Waals surface area contributed by atoms with E-state index in [-0.39, 0.29) is 49.5 Å². The number of ether oxygens (including phenoxy) is 1. The lowest BCUT2D eigenvalue weighted by Gasteiger charge is -2.40. The van der Waals surface area contributed by atoms with Gasteiger partial charge in [0.05, 0.1) is 18.4 Å². The Morgan fingerprint density at radius 2 is 1.71 bits per heavy atom. The Morgan fingerprint density at radius 3 is 2.32 bits per heavy atom. The first-order valence-electron chi connectivity index (χ1n) is 11.8. The molecule has 182 valence electrons. The smallest absolute Gasteiger partial charge is 0.310 e. The van der Waals surface area contributed by atoms with Crippen LogP contribution in [-0.2, 0) is 38.4 Å². The Bertz CT molecular complexity index is 998. The van der Waals surface area contributed by atoms with E-state index in [0.29, 0.717) is 32.4 Å². The average Bonchev–Trinajstić information content (AvgIpc) is 2.86. The Morgan fingerprint density at radius 1 is 1.03 bits per heavy atom. The molecule has 1 saturated heterocycles. The summed E-state index contributed by atoms with van der Waals surface area (Å²) in [6, 6.07) is 14.0. The van der Waals surface area contributed by atoms with Crippen LogP contribution in [0.3, 0.4) is 0 Å². The summed E-state index contributed by atoms with van der Waals surface area (Å²) in [5, 5.41) is 0. The molecule has 3 rings (SSSR count). The largest absolute Gasteiger partial charge is 0.464 e. The molecule has 0 spiro atoms. The summed E-state index contributed by atoms with van der Waals surface area (Å²) in [6.45, 7) is 2.74. The van der Waals surface area contributed by atoms with Gasteiger partial charge in [-0.1, -0.05) is 43.3 Å². The predicted octanol–water partition coefficient (Wildman–Crippen LogP) is 3.24. The predicted molar refractivity (Wildman–Crippen MR) is 128 cm³/mol. The van der Waals surface area contributed by atoms with Crippen molar-refractivity contribution < 1.29 is 23.5 Å². The van der Waals surface area contributed by atoms with Crippen LogP contribution in [0, 0.1) is 11.2 Å². The van der Waals surface area contributed by atoms with Crippen molar-refractivity contribution in [1.82, 2.24) is 4.90 Å². The summed E-state index contributed by atoms with van der Waals surface area (Å²) in [6.07, 6.45) is 2.48. The highest BCUT2D eigenvalue weighted by Gasteiger charge is 2.42. The van der Waals surface area contributed by atoms with Crippen LogP contribution in [0.2, 0.25) is 0 Å². The van der Waals surface area contributed by atoms with Crippen molar-refractivity contribution >= 4 is 17.7 Å². The van der Waals surface area contributed by atoms with E-state index in [1.807, 2.05) is 24.3 Å². The maximum Gasteiger partial charge on any atom is 0.310 e. The first-order valence-corrected chi connectivity index (χ1v) is 11.8. The number of ketones is 1. The van der Waals surface area contributed by atoms with Gasteiger partial charge in [-0.2, -0.15) is 0 Å². The van der Waals surface area contributed by atoms with Crippen LogP contribution in [0.25, 0.3) is 0 Å². The van der Waals surface area contributed by atoms with Gasteiger partial charge >= 0.3 is 5.97 Å². The number of amides is 1. The third kappa shape index (κ3) is 6.73. The molecule has 0 atom stereocenters. The zero-order valence-corrected chi connectivity index (χ0v) is 19.7. The van der Waals surface area contributed by atoms with Gasteiger partial charge in [0.2, 0.25) is 5.91 Å². The van der Waals surface area contributed by atoms with Crippen molar-refractivity contribution in [2.24, 2.45) is 11.1 Å². The number of benzene rings is 2. The molecule has 2 N–H and O–H groups in total. The van der Waals surface area contributed by atoms with Gasteiger partial charge in [-0.3, -0.25) is 14.4 Å². The summed E-state index contributed by atoms with van der Waals surface area (Å²) in [4.78, 5) is 39.6. The minimum absolute atomic E-state index is 0.0223. The Labute approximate surface area is 200 Å². The monoisotopic (exact) mass is 468 g/mol. The molecule has 0 aliphatic carbocycles. The lowest BCUT2D eigenvalue weighted by molar-refractivity contribution is -0.153. The number of piperidine rings is 1. The van der Waals surface area contributed by atoms with Crippen LogP contribution >= 0.6 is 0 Å². The van der Waals surface area contributed by atoms with E-state index < -0.39 is 5.41 Å². The Hall–Kier alpha value is -3.06. The van der Waals surface area contributed by atoms with E-state index in [1.165, 1.54) is 17.7 Å². The molecule has 2 aromatic rings. The van der Waals surface area contributed by atoms with Gasteiger partial charge in [-0.25, -0.2) is 4.39 Å². The maximum atomic E-state index is 13.5. The van der Waals surface area contributed by atoms with Crippen LogP contribution in [0.15, 0.2) is 48.5 Å².